The number of nitrogens with zero attached hydrogens (tertiary/aromatic N) is 1. The highest BCUT2D eigenvalue weighted by molar-refractivity contribution is 6.31. The molecule has 0 spiro atoms. The Labute approximate surface area is 120 Å². The van der Waals surface area contributed by atoms with Gasteiger partial charge in [0.2, 0.25) is 0 Å². The average Bonchev–Trinajstić information content (AvgIpc) is 2.43. The zero-order chi connectivity index (χ0) is 13.7. The first-order valence-electron chi connectivity index (χ1n) is 7.10. The van der Waals surface area contributed by atoms with E-state index in [1.165, 1.54) is 12.8 Å². The lowest BCUT2D eigenvalue weighted by Crippen LogP contribution is -2.36. The van der Waals surface area contributed by atoms with E-state index in [0.717, 1.165) is 44.2 Å². The Morgan fingerprint density at radius 3 is 2.74 bits per heavy atom. The zero-order valence-electron chi connectivity index (χ0n) is 11.5. The van der Waals surface area contributed by atoms with E-state index in [9.17, 15) is 5.11 Å². The minimum Gasteiger partial charge on any atom is -0.508 e. The number of hydrogen-bond acceptors (Lipinski definition) is 3. The zero-order valence-corrected chi connectivity index (χ0v) is 12.3. The van der Waals surface area contributed by atoms with Crippen LogP contribution in [0, 0.1) is 5.92 Å². The largest absolute Gasteiger partial charge is 0.508 e. The van der Waals surface area contributed by atoms with E-state index < -0.39 is 0 Å². The van der Waals surface area contributed by atoms with E-state index >= 15 is 0 Å². The number of aromatic hydroxyl groups is 1. The molecule has 0 aromatic heterocycles. The highest BCUT2D eigenvalue weighted by Gasteiger charge is 2.18. The van der Waals surface area contributed by atoms with Crippen LogP contribution < -0.4 is 5.32 Å². The maximum Gasteiger partial charge on any atom is 0.121 e. The van der Waals surface area contributed by atoms with Gasteiger partial charge in [0.05, 0.1) is 0 Å². The predicted molar refractivity (Wildman–Crippen MR) is 79.7 cm³/mol. The molecule has 106 valence electrons. The molecule has 1 fully saturated rings. The lowest BCUT2D eigenvalue weighted by Gasteiger charge is -2.29. The number of benzene rings is 1. The molecule has 0 saturated carbocycles. The van der Waals surface area contributed by atoms with Gasteiger partial charge in [0.15, 0.2) is 0 Å². The number of phenolic OH excluding ortho intramolecular Hbond substituents is 1. The van der Waals surface area contributed by atoms with Crippen LogP contribution in [0.3, 0.4) is 0 Å². The van der Waals surface area contributed by atoms with Crippen molar-refractivity contribution >= 4 is 11.6 Å². The Hall–Kier alpha value is -0.770. The van der Waals surface area contributed by atoms with Crippen LogP contribution in [0.4, 0.5) is 0 Å². The molecule has 2 rings (SSSR count). The van der Waals surface area contributed by atoms with Crippen LogP contribution in [0.25, 0.3) is 0 Å². The molecule has 0 atom stereocenters. The molecule has 0 aliphatic carbocycles. The molecule has 1 saturated heterocycles. The molecule has 2 N–H and O–H groups in total. The van der Waals surface area contributed by atoms with Crippen molar-refractivity contribution in [1.82, 2.24) is 10.2 Å². The lowest BCUT2D eigenvalue weighted by molar-refractivity contribution is 0.205. The Bertz CT molecular complexity index is 385. The first-order valence-corrected chi connectivity index (χ1v) is 7.48. The number of piperidine rings is 1. The summed E-state index contributed by atoms with van der Waals surface area (Å²) in [6.07, 6.45) is 2.48. The molecule has 0 unspecified atom stereocenters. The standard InChI is InChI=1S/C15H23ClN2O/c1-2-18(10-12-6-8-17-9-7-12)11-13-14(16)4-3-5-15(13)19/h3-5,12,17,19H,2,6-11H2,1H3. The van der Waals surface area contributed by atoms with E-state index in [-0.39, 0.29) is 0 Å². The van der Waals surface area contributed by atoms with Crippen LogP contribution in [0.2, 0.25) is 5.02 Å². The number of nitrogens with one attached hydrogen (secondary N) is 1. The number of phenols is 1. The molecule has 1 aliphatic heterocycles. The van der Waals surface area contributed by atoms with Gasteiger partial charge < -0.3 is 10.4 Å². The first-order chi connectivity index (χ1) is 9.20. The fourth-order valence-electron chi connectivity index (χ4n) is 2.66. The van der Waals surface area contributed by atoms with E-state index in [0.29, 0.717) is 10.8 Å². The summed E-state index contributed by atoms with van der Waals surface area (Å²) in [6, 6.07) is 5.33. The number of hydrogen-bond donors (Lipinski definition) is 2. The van der Waals surface area contributed by atoms with Gasteiger partial charge in [0.1, 0.15) is 5.75 Å². The van der Waals surface area contributed by atoms with Crippen molar-refractivity contribution in [2.45, 2.75) is 26.3 Å². The fraction of sp³-hybridized carbons (Fsp3) is 0.600. The van der Waals surface area contributed by atoms with Gasteiger partial charge in [-0.3, -0.25) is 4.90 Å². The summed E-state index contributed by atoms with van der Waals surface area (Å²) in [7, 11) is 0. The fourth-order valence-corrected chi connectivity index (χ4v) is 2.89. The monoisotopic (exact) mass is 282 g/mol. The summed E-state index contributed by atoms with van der Waals surface area (Å²) in [6.45, 7) is 7.21. The summed E-state index contributed by atoms with van der Waals surface area (Å²) >= 11 is 6.18. The van der Waals surface area contributed by atoms with Crippen LogP contribution in [0.15, 0.2) is 18.2 Å². The molecule has 0 bridgehead atoms. The highest BCUT2D eigenvalue weighted by atomic mass is 35.5. The number of halogens is 1. The van der Waals surface area contributed by atoms with Gasteiger partial charge in [0, 0.05) is 23.7 Å². The van der Waals surface area contributed by atoms with Crippen molar-refractivity contribution < 1.29 is 5.11 Å². The SMILES string of the molecule is CCN(Cc1c(O)cccc1Cl)CC1CCNCC1. The van der Waals surface area contributed by atoms with Crippen molar-refractivity contribution in [1.29, 1.82) is 0 Å². The molecule has 19 heavy (non-hydrogen) atoms. The highest BCUT2D eigenvalue weighted by Crippen LogP contribution is 2.27. The van der Waals surface area contributed by atoms with Gasteiger partial charge in [-0.05, 0) is 50.5 Å². The normalized spacial score (nSPS) is 17.0. The smallest absolute Gasteiger partial charge is 0.121 e. The van der Waals surface area contributed by atoms with E-state index in [4.69, 9.17) is 11.6 Å². The van der Waals surface area contributed by atoms with E-state index in [1.54, 1.807) is 12.1 Å². The second-order valence-corrected chi connectivity index (χ2v) is 5.67. The van der Waals surface area contributed by atoms with Crippen LogP contribution in [0.5, 0.6) is 5.75 Å². The summed E-state index contributed by atoms with van der Waals surface area (Å²) in [5.41, 5.74) is 0.847. The van der Waals surface area contributed by atoms with Gasteiger partial charge in [-0.15, -0.1) is 0 Å². The molecule has 1 aliphatic rings. The van der Waals surface area contributed by atoms with Crippen molar-refractivity contribution in [3.8, 4) is 5.75 Å². The lowest BCUT2D eigenvalue weighted by atomic mass is 9.97. The van der Waals surface area contributed by atoms with E-state index in [2.05, 4.69) is 17.1 Å². The molecular formula is C15H23ClN2O. The third-order valence-corrected chi connectivity index (χ3v) is 4.25. The van der Waals surface area contributed by atoms with Crippen molar-refractivity contribution in [3.63, 3.8) is 0 Å². The maximum absolute atomic E-state index is 9.92. The molecule has 4 heteroatoms. The van der Waals surface area contributed by atoms with Gasteiger partial charge in [-0.2, -0.15) is 0 Å². The average molecular weight is 283 g/mol. The van der Waals surface area contributed by atoms with Gasteiger partial charge in [0.25, 0.3) is 0 Å². The summed E-state index contributed by atoms with van der Waals surface area (Å²) in [5, 5.41) is 14.0. The van der Waals surface area contributed by atoms with Crippen molar-refractivity contribution in [3.05, 3.63) is 28.8 Å². The van der Waals surface area contributed by atoms with E-state index in [1.807, 2.05) is 6.07 Å². The summed E-state index contributed by atoms with van der Waals surface area (Å²) < 4.78 is 0. The molecule has 1 heterocycles. The molecular weight excluding hydrogens is 260 g/mol. The molecule has 1 aromatic rings. The quantitative estimate of drug-likeness (QED) is 0.872. The minimum atomic E-state index is 0.302. The summed E-state index contributed by atoms with van der Waals surface area (Å²) in [5.74, 6) is 1.06. The maximum atomic E-state index is 9.92. The Balaban J connectivity index is 1.98. The second kappa shape index (κ2) is 7.13. The predicted octanol–water partition coefficient (Wildman–Crippen LogP) is 2.87. The Morgan fingerprint density at radius 2 is 2.11 bits per heavy atom. The summed E-state index contributed by atoms with van der Waals surface area (Å²) in [4.78, 5) is 2.37. The third kappa shape index (κ3) is 4.10. The minimum absolute atomic E-state index is 0.302. The van der Waals surface area contributed by atoms with Gasteiger partial charge in [-0.1, -0.05) is 24.6 Å². The van der Waals surface area contributed by atoms with Crippen molar-refractivity contribution in [2.75, 3.05) is 26.2 Å². The molecule has 0 radical (unpaired) electrons. The van der Waals surface area contributed by atoms with Crippen LogP contribution in [0.1, 0.15) is 25.3 Å². The topological polar surface area (TPSA) is 35.5 Å². The van der Waals surface area contributed by atoms with Crippen LogP contribution in [-0.2, 0) is 6.54 Å². The number of rotatable bonds is 5. The first kappa shape index (κ1) is 14.6. The van der Waals surface area contributed by atoms with Crippen molar-refractivity contribution in [2.24, 2.45) is 5.92 Å². The molecule has 0 amide bonds. The van der Waals surface area contributed by atoms with Gasteiger partial charge in [-0.25, -0.2) is 0 Å². The van der Waals surface area contributed by atoms with Crippen LogP contribution in [-0.4, -0.2) is 36.2 Å². The Morgan fingerprint density at radius 1 is 1.37 bits per heavy atom. The van der Waals surface area contributed by atoms with Gasteiger partial charge >= 0.3 is 0 Å². The second-order valence-electron chi connectivity index (χ2n) is 5.26. The third-order valence-electron chi connectivity index (χ3n) is 3.90. The van der Waals surface area contributed by atoms with Crippen LogP contribution >= 0.6 is 11.6 Å². The molecule has 1 aromatic carbocycles. The molecule has 3 nitrogen and oxygen atoms in total. The Kier molecular flexibility index (Phi) is 5.49.